The van der Waals surface area contributed by atoms with E-state index in [4.69, 9.17) is 4.74 Å². The van der Waals surface area contributed by atoms with Crippen LogP contribution in [0.1, 0.15) is 6.92 Å². The minimum Gasteiger partial charge on any atom is -0.507 e. The Hall–Kier alpha value is -2.16. The fraction of sp³-hybridized carbons (Fsp3) is 0.143. The molecule has 0 heterocycles. The molecule has 0 aliphatic heterocycles. The standard InChI is InChI=1S/C14H14O3/c1-2-17-13-9-5-8-12(16)14(13)10-6-3-4-7-11(10)15/h3-9,15-16H,2H2,1H3. The third kappa shape index (κ3) is 2.18. The molecule has 0 saturated carbocycles. The van der Waals surface area contributed by atoms with Crippen molar-refractivity contribution in [2.24, 2.45) is 0 Å². The monoisotopic (exact) mass is 230 g/mol. The number of phenolic OH excluding ortho intramolecular Hbond substituents is 2. The summed E-state index contributed by atoms with van der Waals surface area (Å²) in [5.41, 5.74) is 1.08. The maximum absolute atomic E-state index is 9.90. The average Bonchev–Trinajstić information content (AvgIpc) is 2.31. The predicted molar refractivity (Wildman–Crippen MR) is 66.4 cm³/mol. The summed E-state index contributed by atoms with van der Waals surface area (Å²) >= 11 is 0. The number of benzene rings is 2. The van der Waals surface area contributed by atoms with Crippen molar-refractivity contribution in [2.45, 2.75) is 6.92 Å². The van der Waals surface area contributed by atoms with Crippen molar-refractivity contribution < 1.29 is 14.9 Å². The minimum atomic E-state index is 0.0949. The largest absolute Gasteiger partial charge is 0.507 e. The van der Waals surface area contributed by atoms with Crippen molar-refractivity contribution in [1.82, 2.24) is 0 Å². The molecule has 0 atom stereocenters. The number of hydrogen-bond acceptors (Lipinski definition) is 3. The van der Waals surface area contributed by atoms with Gasteiger partial charge in [-0.2, -0.15) is 0 Å². The summed E-state index contributed by atoms with van der Waals surface area (Å²) in [5.74, 6) is 0.779. The number of hydrogen-bond donors (Lipinski definition) is 2. The molecule has 0 spiro atoms. The van der Waals surface area contributed by atoms with Crippen molar-refractivity contribution in [3.8, 4) is 28.4 Å². The Labute approximate surface area is 99.9 Å². The van der Waals surface area contributed by atoms with Gasteiger partial charge in [0.05, 0.1) is 12.2 Å². The lowest BCUT2D eigenvalue weighted by atomic mass is 10.0. The number of aromatic hydroxyl groups is 2. The van der Waals surface area contributed by atoms with Crippen LogP contribution in [-0.2, 0) is 0 Å². The van der Waals surface area contributed by atoms with Crippen LogP contribution in [0.5, 0.6) is 17.2 Å². The second kappa shape index (κ2) is 4.78. The third-order valence-electron chi connectivity index (χ3n) is 2.48. The Bertz CT molecular complexity index is 521. The van der Waals surface area contributed by atoms with Gasteiger partial charge >= 0.3 is 0 Å². The van der Waals surface area contributed by atoms with E-state index in [1.807, 2.05) is 6.92 Å². The van der Waals surface area contributed by atoms with Gasteiger partial charge in [-0.25, -0.2) is 0 Å². The predicted octanol–water partition coefficient (Wildman–Crippen LogP) is 3.16. The van der Waals surface area contributed by atoms with Gasteiger partial charge in [-0.1, -0.05) is 24.3 Å². The highest BCUT2D eigenvalue weighted by Crippen LogP contribution is 2.41. The van der Waals surface area contributed by atoms with Crippen LogP contribution < -0.4 is 4.74 Å². The first kappa shape index (κ1) is 11.3. The van der Waals surface area contributed by atoms with Crippen LogP contribution in [0.4, 0.5) is 0 Å². The first-order valence-electron chi connectivity index (χ1n) is 5.47. The summed E-state index contributed by atoms with van der Waals surface area (Å²) < 4.78 is 5.46. The lowest BCUT2D eigenvalue weighted by molar-refractivity contribution is 0.339. The van der Waals surface area contributed by atoms with E-state index in [1.165, 1.54) is 0 Å². The van der Waals surface area contributed by atoms with E-state index in [1.54, 1.807) is 42.5 Å². The van der Waals surface area contributed by atoms with Gasteiger partial charge in [-0.05, 0) is 25.1 Å². The maximum atomic E-state index is 9.90. The summed E-state index contributed by atoms with van der Waals surface area (Å²) in [4.78, 5) is 0. The summed E-state index contributed by atoms with van der Waals surface area (Å²) in [5, 5.41) is 19.7. The molecule has 2 rings (SSSR count). The zero-order valence-corrected chi connectivity index (χ0v) is 9.55. The first-order chi connectivity index (χ1) is 8.24. The summed E-state index contributed by atoms with van der Waals surface area (Å²) in [6.07, 6.45) is 0. The molecule has 0 amide bonds. The Morgan fingerprint density at radius 1 is 0.941 bits per heavy atom. The quantitative estimate of drug-likeness (QED) is 0.851. The molecule has 2 aromatic rings. The van der Waals surface area contributed by atoms with E-state index in [2.05, 4.69) is 0 Å². The topological polar surface area (TPSA) is 49.7 Å². The van der Waals surface area contributed by atoms with Crippen LogP contribution >= 0.6 is 0 Å². The molecule has 88 valence electrons. The SMILES string of the molecule is CCOc1cccc(O)c1-c1ccccc1O. The minimum absolute atomic E-state index is 0.0949. The summed E-state index contributed by atoms with van der Waals surface area (Å²) in [6.45, 7) is 2.38. The molecule has 0 fully saturated rings. The van der Waals surface area contributed by atoms with Crippen molar-refractivity contribution in [3.63, 3.8) is 0 Å². The Balaban J connectivity index is 2.61. The van der Waals surface area contributed by atoms with Gasteiger partial charge in [-0.15, -0.1) is 0 Å². The molecule has 3 nitrogen and oxygen atoms in total. The fourth-order valence-electron chi connectivity index (χ4n) is 1.75. The summed E-state index contributed by atoms with van der Waals surface area (Å²) in [7, 11) is 0. The molecular formula is C14H14O3. The van der Waals surface area contributed by atoms with E-state index >= 15 is 0 Å². The number of para-hydroxylation sites is 1. The lowest BCUT2D eigenvalue weighted by Crippen LogP contribution is -1.94. The normalized spacial score (nSPS) is 10.2. The maximum Gasteiger partial charge on any atom is 0.130 e. The number of ether oxygens (including phenoxy) is 1. The second-order valence-electron chi connectivity index (χ2n) is 3.60. The van der Waals surface area contributed by atoms with Crippen LogP contribution in [0.25, 0.3) is 11.1 Å². The van der Waals surface area contributed by atoms with Gasteiger partial charge in [0.2, 0.25) is 0 Å². The average molecular weight is 230 g/mol. The molecule has 2 N–H and O–H groups in total. The van der Waals surface area contributed by atoms with E-state index in [-0.39, 0.29) is 11.5 Å². The van der Waals surface area contributed by atoms with Gasteiger partial charge in [-0.3, -0.25) is 0 Å². The van der Waals surface area contributed by atoms with Crippen molar-refractivity contribution >= 4 is 0 Å². The number of phenols is 2. The van der Waals surface area contributed by atoms with Crippen LogP contribution in [0.2, 0.25) is 0 Å². The highest BCUT2D eigenvalue weighted by molar-refractivity contribution is 5.80. The fourth-order valence-corrected chi connectivity index (χ4v) is 1.75. The lowest BCUT2D eigenvalue weighted by Gasteiger charge is -2.12. The van der Waals surface area contributed by atoms with Gasteiger partial charge in [0.1, 0.15) is 17.2 Å². The second-order valence-corrected chi connectivity index (χ2v) is 3.60. The van der Waals surface area contributed by atoms with Gasteiger partial charge < -0.3 is 14.9 Å². The van der Waals surface area contributed by atoms with Crippen LogP contribution in [0.3, 0.4) is 0 Å². The molecule has 0 aliphatic rings. The van der Waals surface area contributed by atoms with Crippen molar-refractivity contribution in [3.05, 3.63) is 42.5 Å². The van der Waals surface area contributed by atoms with E-state index < -0.39 is 0 Å². The molecule has 0 saturated heterocycles. The third-order valence-corrected chi connectivity index (χ3v) is 2.48. The van der Waals surface area contributed by atoms with Crippen molar-refractivity contribution in [1.29, 1.82) is 0 Å². The molecule has 0 aliphatic carbocycles. The highest BCUT2D eigenvalue weighted by atomic mass is 16.5. The van der Waals surface area contributed by atoms with Crippen LogP contribution in [0.15, 0.2) is 42.5 Å². The highest BCUT2D eigenvalue weighted by Gasteiger charge is 2.14. The molecular weight excluding hydrogens is 216 g/mol. The van der Waals surface area contributed by atoms with Gasteiger partial charge in [0, 0.05) is 5.56 Å². The zero-order valence-electron chi connectivity index (χ0n) is 9.55. The van der Waals surface area contributed by atoms with E-state index in [0.717, 1.165) is 0 Å². The Morgan fingerprint density at radius 2 is 1.65 bits per heavy atom. The molecule has 2 aromatic carbocycles. The number of rotatable bonds is 3. The van der Waals surface area contributed by atoms with Gasteiger partial charge in [0.15, 0.2) is 0 Å². The zero-order chi connectivity index (χ0) is 12.3. The van der Waals surface area contributed by atoms with Crippen LogP contribution in [-0.4, -0.2) is 16.8 Å². The van der Waals surface area contributed by atoms with Gasteiger partial charge in [0.25, 0.3) is 0 Å². The Kier molecular flexibility index (Phi) is 3.19. The van der Waals surface area contributed by atoms with E-state index in [9.17, 15) is 10.2 Å². The molecule has 0 aromatic heterocycles. The first-order valence-corrected chi connectivity index (χ1v) is 5.47. The molecule has 0 radical (unpaired) electrons. The van der Waals surface area contributed by atoms with Crippen molar-refractivity contribution in [2.75, 3.05) is 6.61 Å². The van der Waals surface area contributed by atoms with E-state index in [0.29, 0.717) is 23.5 Å². The Morgan fingerprint density at radius 3 is 2.35 bits per heavy atom. The smallest absolute Gasteiger partial charge is 0.130 e. The molecule has 17 heavy (non-hydrogen) atoms. The molecule has 0 unspecified atom stereocenters. The molecule has 3 heteroatoms. The summed E-state index contributed by atoms with van der Waals surface area (Å²) in [6, 6.07) is 11.9. The molecule has 0 bridgehead atoms. The van der Waals surface area contributed by atoms with Crippen LogP contribution in [0, 0.1) is 0 Å².